The van der Waals surface area contributed by atoms with Crippen molar-refractivity contribution in [2.45, 2.75) is 50.9 Å². The van der Waals surface area contributed by atoms with Crippen LogP contribution in [0.2, 0.25) is 0 Å². The molecule has 1 aliphatic heterocycles. The molecule has 10 heteroatoms. The summed E-state index contributed by atoms with van der Waals surface area (Å²) in [6.07, 6.45) is 1.87. The van der Waals surface area contributed by atoms with Crippen LogP contribution in [0.25, 0.3) is 0 Å². The predicted molar refractivity (Wildman–Crippen MR) is 129 cm³/mol. The molecule has 0 bridgehead atoms. The SMILES string of the molecule is Cc1cccc(C(=O)N2CCN(C(=O)c3cccc([N+](=O)[O-])c3)C2C(=O)NC2CCC(N)CC2)c1. The van der Waals surface area contributed by atoms with E-state index in [1.54, 1.807) is 18.2 Å². The lowest BCUT2D eigenvalue weighted by molar-refractivity contribution is -0.384. The smallest absolute Gasteiger partial charge is 0.270 e. The Kier molecular flexibility index (Phi) is 7.11. The molecule has 1 unspecified atom stereocenters. The minimum atomic E-state index is -1.16. The Morgan fingerprint density at radius 3 is 2.09 bits per heavy atom. The lowest BCUT2D eigenvalue weighted by atomic mass is 9.92. The summed E-state index contributed by atoms with van der Waals surface area (Å²) in [6, 6.07) is 12.5. The molecular formula is C25H29N5O5. The van der Waals surface area contributed by atoms with Crippen molar-refractivity contribution in [3.63, 3.8) is 0 Å². The van der Waals surface area contributed by atoms with Crippen LogP contribution < -0.4 is 11.1 Å². The molecule has 3 amide bonds. The molecule has 184 valence electrons. The minimum absolute atomic E-state index is 0.0884. The molecule has 2 aliphatic rings. The number of non-ortho nitro benzene ring substituents is 1. The second kappa shape index (κ2) is 10.2. The molecule has 35 heavy (non-hydrogen) atoms. The zero-order valence-corrected chi connectivity index (χ0v) is 19.6. The van der Waals surface area contributed by atoms with Crippen molar-refractivity contribution in [3.8, 4) is 0 Å². The van der Waals surface area contributed by atoms with E-state index < -0.39 is 22.9 Å². The summed E-state index contributed by atoms with van der Waals surface area (Å²) >= 11 is 0. The third-order valence-electron chi connectivity index (χ3n) is 6.62. The molecule has 0 spiro atoms. The number of carbonyl (C=O) groups is 3. The van der Waals surface area contributed by atoms with E-state index in [0.717, 1.165) is 31.2 Å². The number of amides is 3. The van der Waals surface area contributed by atoms with E-state index in [-0.39, 0.29) is 42.3 Å². The van der Waals surface area contributed by atoms with Crippen LogP contribution in [0, 0.1) is 17.0 Å². The Morgan fingerprint density at radius 2 is 1.51 bits per heavy atom. The van der Waals surface area contributed by atoms with E-state index in [1.165, 1.54) is 34.1 Å². The number of hydrogen-bond acceptors (Lipinski definition) is 6. The first-order valence-electron chi connectivity index (χ1n) is 11.7. The highest BCUT2D eigenvalue weighted by Gasteiger charge is 2.44. The molecule has 2 fully saturated rings. The van der Waals surface area contributed by atoms with Gasteiger partial charge in [0, 0.05) is 48.4 Å². The Morgan fingerprint density at radius 1 is 0.943 bits per heavy atom. The maximum Gasteiger partial charge on any atom is 0.270 e. The number of nitrogens with one attached hydrogen (secondary N) is 1. The summed E-state index contributed by atoms with van der Waals surface area (Å²) in [5.74, 6) is -1.34. The maximum atomic E-state index is 13.5. The van der Waals surface area contributed by atoms with Crippen LogP contribution in [0.4, 0.5) is 5.69 Å². The number of nitro groups is 1. The van der Waals surface area contributed by atoms with Crippen LogP contribution in [0.5, 0.6) is 0 Å². The van der Waals surface area contributed by atoms with Crippen LogP contribution in [-0.2, 0) is 4.79 Å². The van der Waals surface area contributed by atoms with Crippen molar-refractivity contribution >= 4 is 23.4 Å². The maximum absolute atomic E-state index is 13.5. The van der Waals surface area contributed by atoms with E-state index in [4.69, 9.17) is 5.73 Å². The third-order valence-corrected chi connectivity index (χ3v) is 6.62. The number of carbonyl (C=O) groups excluding carboxylic acids is 3. The summed E-state index contributed by atoms with van der Waals surface area (Å²) in [7, 11) is 0. The van der Waals surface area contributed by atoms with Gasteiger partial charge in [0.1, 0.15) is 0 Å². The summed E-state index contributed by atoms with van der Waals surface area (Å²) in [6.45, 7) is 2.17. The van der Waals surface area contributed by atoms with Gasteiger partial charge in [0.05, 0.1) is 4.92 Å². The highest BCUT2D eigenvalue weighted by Crippen LogP contribution is 2.24. The largest absolute Gasteiger partial charge is 0.350 e. The zero-order chi connectivity index (χ0) is 25.1. The number of nitrogens with two attached hydrogens (primary N) is 1. The average molecular weight is 480 g/mol. The first-order valence-corrected chi connectivity index (χ1v) is 11.7. The van der Waals surface area contributed by atoms with Gasteiger partial charge in [0.25, 0.3) is 23.4 Å². The number of hydrogen-bond donors (Lipinski definition) is 2. The quantitative estimate of drug-likeness (QED) is 0.498. The van der Waals surface area contributed by atoms with Gasteiger partial charge in [0.2, 0.25) is 0 Å². The van der Waals surface area contributed by atoms with Crippen LogP contribution in [0.3, 0.4) is 0 Å². The number of nitrogens with zero attached hydrogens (tertiary/aromatic N) is 3. The van der Waals surface area contributed by atoms with E-state index in [9.17, 15) is 24.5 Å². The van der Waals surface area contributed by atoms with E-state index >= 15 is 0 Å². The van der Waals surface area contributed by atoms with Gasteiger partial charge in [-0.2, -0.15) is 0 Å². The molecule has 2 aromatic rings. The van der Waals surface area contributed by atoms with Crippen molar-refractivity contribution in [1.29, 1.82) is 0 Å². The van der Waals surface area contributed by atoms with Gasteiger partial charge in [-0.25, -0.2) is 0 Å². The molecule has 1 saturated carbocycles. The lowest BCUT2D eigenvalue weighted by Gasteiger charge is -2.32. The standard InChI is InChI=1S/C25H29N5O5/c1-16-4-2-5-17(14-16)24(32)28-12-13-29(25(33)18-6-3-7-21(15-18)30(34)35)23(28)22(31)27-20-10-8-19(26)9-11-20/h2-7,14-15,19-20,23H,8-13,26H2,1H3,(H,27,31). The van der Waals surface area contributed by atoms with Crippen molar-refractivity contribution in [3.05, 3.63) is 75.3 Å². The third kappa shape index (κ3) is 5.32. The van der Waals surface area contributed by atoms with E-state index in [1.807, 2.05) is 13.0 Å². The Labute approximate surface area is 203 Å². The van der Waals surface area contributed by atoms with Crippen LogP contribution in [-0.4, -0.2) is 63.8 Å². The van der Waals surface area contributed by atoms with Gasteiger partial charge in [-0.05, 0) is 50.8 Å². The van der Waals surface area contributed by atoms with Gasteiger partial charge in [-0.1, -0.05) is 23.8 Å². The predicted octanol–water partition coefficient (Wildman–Crippen LogP) is 2.21. The van der Waals surface area contributed by atoms with E-state index in [0.29, 0.717) is 5.56 Å². The van der Waals surface area contributed by atoms with Crippen molar-refractivity contribution in [1.82, 2.24) is 15.1 Å². The van der Waals surface area contributed by atoms with Gasteiger partial charge in [-0.3, -0.25) is 24.5 Å². The fourth-order valence-electron chi connectivity index (χ4n) is 4.74. The van der Waals surface area contributed by atoms with Crippen LogP contribution in [0.1, 0.15) is 52.0 Å². The van der Waals surface area contributed by atoms with Crippen LogP contribution >= 0.6 is 0 Å². The molecule has 0 radical (unpaired) electrons. The van der Waals surface area contributed by atoms with Gasteiger partial charge >= 0.3 is 0 Å². The lowest BCUT2D eigenvalue weighted by Crippen LogP contribution is -2.56. The Hall–Kier alpha value is -3.79. The summed E-state index contributed by atoms with van der Waals surface area (Å²) < 4.78 is 0. The fourth-order valence-corrected chi connectivity index (χ4v) is 4.74. The second-order valence-electron chi connectivity index (χ2n) is 9.17. The van der Waals surface area contributed by atoms with Crippen molar-refractivity contribution in [2.24, 2.45) is 5.73 Å². The Balaban J connectivity index is 1.62. The second-order valence-corrected chi connectivity index (χ2v) is 9.17. The van der Waals surface area contributed by atoms with E-state index in [2.05, 4.69) is 5.32 Å². The fraction of sp³-hybridized carbons (Fsp3) is 0.400. The summed E-state index contributed by atoms with van der Waals surface area (Å²) in [4.78, 5) is 53.6. The van der Waals surface area contributed by atoms with Gasteiger partial charge < -0.3 is 20.9 Å². The molecule has 10 nitrogen and oxygen atoms in total. The number of nitro benzene ring substituents is 1. The van der Waals surface area contributed by atoms with Gasteiger partial charge in [0.15, 0.2) is 6.17 Å². The highest BCUT2D eigenvalue weighted by molar-refractivity contribution is 6.02. The molecule has 1 aliphatic carbocycles. The molecule has 1 heterocycles. The molecule has 3 N–H and O–H groups in total. The molecular weight excluding hydrogens is 450 g/mol. The first-order chi connectivity index (χ1) is 16.7. The number of aryl methyl sites for hydroxylation is 1. The highest BCUT2D eigenvalue weighted by atomic mass is 16.6. The molecule has 2 aromatic carbocycles. The number of rotatable bonds is 5. The first kappa shape index (κ1) is 24.3. The van der Waals surface area contributed by atoms with Crippen LogP contribution in [0.15, 0.2) is 48.5 Å². The normalized spacial score (nSPS) is 22.1. The summed E-state index contributed by atoms with van der Waals surface area (Å²) in [5.41, 5.74) is 7.18. The van der Waals surface area contributed by atoms with Crippen molar-refractivity contribution in [2.75, 3.05) is 13.1 Å². The van der Waals surface area contributed by atoms with Crippen molar-refractivity contribution < 1.29 is 19.3 Å². The van der Waals surface area contributed by atoms with Gasteiger partial charge in [-0.15, -0.1) is 0 Å². The molecule has 1 saturated heterocycles. The molecule has 1 atom stereocenters. The average Bonchev–Trinajstić information content (AvgIpc) is 3.30. The monoisotopic (exact) mass is 479 g/mol. The molecule has 4 rings (SSSR count). The zero-order valence-electron chi connectivity index (χ0n) is 19.6. The topological polar surface area (TPSA) is 139 Å². The Bertz CT molecular complexity index is 1140. The molecule has 0 aromatic heterocycles. The number of benzene rings is 2. The minimum Gasteiger partial charge on any atom is -0.350 e. The summed E-state index contributed by atoms with van der Waals surface area (Å²) in [5, 5.41) is 14.2.